The van der Waals surface area contributed by atoms with Gasteiger partial charge in [0.25, 0.3) is 5.91 Å². The second-order valence-electron chi connectivity index (χ2n) is 6.69. The Balaban J connectivity index is 1.44. The Morgan fingerprint density at radius 1 is 1.12 bits per heavy atom. The molecular weight excluding hydrogens is 435 g/mol. The number of nitrogens with zero attached hydrogens (tertiary/aromatic N) is 3. The monoisotopic (exact) mass is 452 g/mol. The molecule has 3 rings (SSSR count). The summed E-state index contributed by atoms with van der Waals surface area (Å²) in [6.07, 6.45) is -0.177. The SMILES string of the molecule is C=C(CCn1cnc(-c2ccc(F)c(F)c2)c1)NC(=O)COc1ccc(C(F)(F)F)nc1. The third-order valence-corrected chi connectivity index (χ3v) is 4.23. The van der Waals surface area contributed by atoms with Gasteiger partial charge in [-0.2, -0.15) is 13.2 Å². The average Bonchev–Trinajstić information content (AvgIpc) is 3.21. The topological polar surface area (TPSA) is 69.0 Å². The average molecular weight is 452 g/mol. The Kier molecular flexibility index (Phi) is 6.86. The maximum absolute atomic E-state index is 13.4. The van der Waals surface area contributed by atoms with Crippen LogP contribution in [0.1, 0.15) is 12.1 Å². The van der Waals surface area contributed by atoms with Gasteiger partial charge in [0.05, 0.1) is 18.2 Å². The Labute approximate surface area is 179 Å². The van der Waals surface area contributed by atoms with Crippen molar-refractivity contribution in [2.24, 2.45) is 0 Å². The van der Waals surface area contributed by atoms with E-state index in [1.54, 1.807) is 10.8 Å². The van der Waals surface area contributed by atoms with E-state index < -0.39 is 36.0 Å². The number of aromatic nitrogens is 3. The Morgan fingerprint density at radius 2 is 1.91 bits per heavy atom. The van der Waals surface area contributed by atoms with Gasteiger partial charge in [0.1, 0.15) is 11.4 Å². The summed E-state index contributed by atoms with van der Waals surface area (Å²) in [5.74, 6) is -2.44. The summed E-state index contributed by atoms with van der Waals surface area (Å²) in [7, 11) is 0. The molecule has 0 saturated heterocycles. The molecule has 11 heteroatoms. The van der Waals surface area contributed by atoms with Crippen molar-refractivity contribution < 1.29 is 31.5 Å². The fraction of sp³-hybridized carbons (Fsp3) is 0.190. The molecule has 0 aliphatic heterocycles. The molecule has 3 aromatic rings. The third kappa shape index (κ3) is 6.13. The molecule has 1 amide bonds. The van der Waals surface area contributed by atoms with Crippen molar-refractivity contribution in [3.05, 3.63) is 78.7 Å². The van der Waals surface area contributed by atoms with Crippen LogP contribution in [-0.4, -0.2) is 27.0 Å². The molecule has 0 fully saturated rings. The molecule has 0 spiro atoms. The number of pyridine rings is 1. The molecular formula is C21H17F5N4O2. The Morgan fingerprint density at radius 3 is 2.56 bits per heavy atom. The maximum Gasteiger partial charge on any atom is 0.433 e. The van der Waals surface area contributed by atoms with Crippen LogP contribution in [-0.2, 0) is 17.5 Å². The number of halogens is 5. The minimum atomic E-state index is -4.56. The molecule has 2 aromatic heterocycles. The molecule has 2 heterocycles. The van der Waals surface area contributed by atoms with Gasteiger partial charge in [-0.3, -0.25) is 4.79 Å². The Bertz CT molecular complexity index is 1110. The number of carbonyl (C=O) groups is 1. The van der Waals surface area contributed by atoms with Gasteiger partial charge in [-0.15, -0.1) is 0 Å². The minimum Gasteiger partial charge on any atom is -0.482 e. The summed E-state index contributed by atoms with van der Waals surface area (Å²) in [6, 6.07) is 5.31. The van der Waals surface area contributed by atoms with Crippen LogP contribution in [0.3, 0.4) is 0 Å². The van der Waals surface area contributed by atoms with Crippen molar-refractivity contribution in [1.82, 2.24) is 19.9 Å². The molecule has 1 N–H and O–H groups in total. The largest absolute Gasteiger partial charge is 0.482 e. The van der Waals surface area contributed by atoms with Gasteiger partial charge >= 0.3 is 6.18 Å². The second-order valence-corrected chi connectivity index (χ2v) is 6.69. The lowest BCUT2D eigenvalue weighted by Crippen LogP contribution is -2.28. The van der Waals surface area contributed by atoms with Crippen LogP contribution in [0.15, 0.2) is 61.3 Å². The lowest BCUT2D eigenvalue weighted by molar-refractivity contribution is -0.141. The van der Waals surface area contributed by atoms with E-state index in [4.69, 9.17) is 4.74 Å². The van der Waals surface area contributed by atoms with Gasteiger partial charge in [0.15, 0.2) is 18.2 Å². The first kappa shape index (κ1) is 22.9. The number of imidazole rings is 1. The molecule has 0 bridgehead atoms. The van der Waals surface area contributed by atoms with E-state index in [1.165, 1.54) is 12.4 Å². The molecule has 0 aliphatic carbocycles. The number of hydrogen-bond donors (Lipinski definition) is 1. The van der Waals surface area contributed by atoms with Crippen LogP contribution >= 0.6 is 0 Å². The van der Waals surface area contributed by atoms with Crippen LogP contribution in [0.4, 0.5) is 22.0 Å². The molecule has 0 atom stereocenters. The predicted molar refractivity (Wildman–Crippen MR) is 104 cm³/mol. The van der Waals surface area contributed by atoms with Crippen LogP contribution in [0.2, 0.25) is 0 Å². The Hall–Kier alpha value is -3.76. The number of aryl methyl sites for hydroxylation is 1. The highest BCUT2D eigenvalue weighted by atomic mass is 19.4. The molecule has 0 aliphatic rings. The quantitative estimate of drug-likeness (QED) is 0.517. The molecule has 32 heavy (non-hydrogen) atoms. The number of amides is 1. The lowest BCUT2D eigenvalue weighted by atomic mass is 10.1. The summed E-state index contributed by atoms with van der Waals surface area (Å²) in [5, 5.41) is 2.52. The highest BCUT2D eigenvalue weighted by molar-refractivity contribution is 5.79. The zero-order valence-electron chi connectivity index (χ0n) is 16.5. The third-order valence-electron chi connectivity index (χ3n) is 4.23. The highest BCUT2D eigenvalue weighted by Crippen LogP contribution is 2.28. The highest BCUT2D eigenvalue weighted by Gasteiger charge is 2.32. The van der Waals surface area contributed by atoms with Crippen LogP contribution in [0, 0.1) is 11.6 Å². The van der Waals surface area contributed by atoms with Gasteiger partial charge in [0.2, 0.25) is 0 Å². The van der Waals surface area contributed by atoms with Gasteiger partial charge < -0.3 is 14.6 Å². The molecule has 0 saturated carbocycles. The molecule has 0 radical (unpaired) electrons. The standard InChI is InChI=1S/C21H17F5N4O2/c1-13(29-20(31)11-32-15-3-5-19(27-9-15)21(24,25)26)6-7-30-10-18(28-12-30)14-2-4-16(22)17(23)8-14/h2-5,8-10,12H,1,6-7,11H2,(H,29,31). The first-order valence-corrected chi connectivity index (χ1v) is 9.22. The lowest BCUT2D eigenvalue weighted by Gasteiger charge is -2.10. The number of alkyl halides is 3. The molecule has 168 valence electrons. The van der Waals surface area contributed by atoms with Gasteiger partial charge in [-0.25, -0.2) is 18.7 Å². The van der Waals surface area contributed by atoms with Crippen molar-refractivity contribution in [3.63, 3.8) is 0 Å². The summed E-state index contributed by atoms with van der Waals surface area (Å²) >= 11 is 0. The molecule has 1 aromatic carbocycles. The van der Waals surface area contributed by atoms with E-state index in [-0.39, 0.29) is 5.75 Å². The van der Waals surface area contributed by atoms with Gasteiger partial charge in [0, 0.05) is 30.4 Å². The number of benzene rings is 1. The van der Waals surface area contributed by atoms with Crippen molar-refractivity contribution in [1.29, 1.82) is 0 Å². The van der Waals surface area contributed by atoms with E-state index in [1.807, 2.05) is 0 Å². The van der Waals surface area contributed by atoms with Gasteiger partial charge in [-0.05, 0) is 30.3 Å². The summed E-state index contributed by atoms with van der Waals surface area (Å²) in [5.41, 5.74) is 0.198. The fourth-order valence-corrected chi connectivity index (χ4v) is 2.63. The van der Waals surface area contributed by atoms with Crippen molar-refractivity contribution >= 4 is 5.91 Å². The smallest absolute Gasteiger partial charge is 0.433 e. The second kappa shape index (κ2) is 9.58. The number of ether oxygens (including phenoxy) is 1. The van der Waals surface area contributed by atoms with Crippen LogP contribution < -0.4 is 10.1 Å². The zero-order chi connectivity index (χ0) is 23.3. The van der Waals surface area contributed by atoms with E-state index in [0.29, 0.717) is 29.9 Å². The molecule has 6 nitrogen and oxygen atoms in total. The first-order valence-electron chi connectivity index (χ1n) is 9.22. The zero-order valence-corrected chi connectivity index (χ0v) is 16.5. The number of carbonyl (C=O) groups excluding carboxylic acids is 1. The summed E-state index contributed by atoms with van der Waals surface area (Å²) < 4.78 is 70.7. The normalized spacial score (nSPS) is 11.3. The number of allylic oxidation sites excluding steroid dienone is 1. The number of rotatable bonds is 8. The number of hydrogen-bond acceptors (Lipinski definition) is 4. The van der Waals surface area contributed by atoms with Gasteiger partial charge in [-0.1, -0.05) is 6.58 Å². The van der Waals surface area contributed by atoms with Crippen LogP contribution in [0.5, 0.6) is 5.75 Å². The van der Waals surface area contributed by atoms with Crippen LogP contribution in [0.25, 0.3) is 11.3 Å². The van der Waals surface area contributed by atoms with Crippen molar-refractivity contribution in [2.45, 2.75) is 19.1 Å². The summed E-state index contributed by atoms with van der Waals surface area (Å²) in [4.78, 5) is 19.3. The minimum absolute atomic E-state index is 0.0157. The van der Waals surface area contributed by atoms with E-state index in [9.17, 15) is 26.7 Å². The van der Waals surface area contributed by atoms with Crippen molar-refractivity contribution in [3.8, 4) is 17.0 Å². The number of nitrogens with one attached hydrogen (secondary N) is 1. The van der Waals surface area contributed by atoms with E-state index in [0.717, 1.165) is 30.5 Å². The predicted octanol–water partition coefficient (Wildman–Crippen LogP) is 4.34. The molecule has 0 unspecified atom stereocenters. The van der Waals surface area contributed by atoms with Crippen molar-refractivity contribution in [2.75, 3.05) is 6.61 Å². The first-order chi connectivity index (χ1) is 15.1. The van der Waals surface area contributed by atoms with E-state index in [2.05, 4.69) is 21.9 Å². The van der Waals surface area contributed by atoms with E-state index >= 15 is 0 Å². The maximum atomic E-state index is 13.4. The summed E-state index contributed by atoms with van der Waals surface area (Å²) in [6.45, 7) is 3.71. The fourth-order valence-electron chi connectivity index (χ4n) is 2.63.